The molecular formula is C43H79N9O11. The number of carboxylic acid groups (broad SMARTS) is 1. The van der Waals surface area contributed by atoms with E-state index in [2.05, 4.69) is 42.5 Å². The lowest BCUT2D eigenvalue weighted by Gasteiger charge is -2.28. The lowest BCUT2D eigenvalue weighted by Crippen LogP contribution is -2.60. The van der Waals surface area contributed by atoms with Crippen LogP contribution in [0.1, 0.15) is 122 Å². The van der Waals surface area contributed by atoms with Crippen molar-refractivity contribution in [1.29, 1.82) is 0 Å². The quantitative estimate of drug-likeness (QED) is 0.0466. The van der Waals surface area contributed by atoms with Gasteiger partial charge in [0.25, 0.3) is 0 Å². The Kier molecular flexibility index (Phi) is 26.5. The fourth-order valence-corrected chi connectivity index (χ4v) is 6.28. The van der Waals surface area contributed by atoms with Crippen molar-refractivity contribution in [3.8, 4) is 0 Å². The summed E-state index contributed by atoms with van der Waals surface area (Å²) in [5.74, 6) is -8.20. The third-order valence-corrected chi connectivity index (χ3v) is 10.6. The zero-order valence-electron chi connectivity index (χ0n) is 39.7. The maximum Gasteiger partial charge on any atom is 0.326 e. The first kappa shape index (κ1) is 58.1. The number of hydrogen-bond acceptors (Lipinski definition) is 11. The van der Waals surface area contributed by atoms with Crippen molar-refractivity contribution in [2.24, 2.45) is 41.2 Å². The highest BCUT2D eigenvalue weighted by Crippen LogP contribution is 2.13. The number of rotatable bonds is 29. The summed E-state index contributed by atoms with van der Waals surface area (Å²) in [7, 11) is 0. The monoisotopic (exact) mass is 898 g/mol. The summed E-state index contributed by atoms with van der Waals surface area (Å²) >= 11 is 0. The Morgan fingerprint density at radius 1 is 0.476 bits per heavy atom. The van der Waals surface area contributed by atoms with Gasteiger partial charge < -0.3 is 58.5 Å². The Bertz CT molecular complexity index is 1540. The smallest absolute Gasteiger partial charge is 0.326 e. The molecule has 0 aliphatic heterocycles. The second-order valence-corrected chi connectivity index (χ2v) is 18.2. The number of aliphatic hydroxyl groups is 1. The highest BCUT2D eigenvalue weighted by molar-refractivity contribution is 5.97. The van der Waals surface area contributed by atoms with E-state index in [0.29, 0.717) is 12.8 Å². The number of carbonyl (C=O) groups excluding carboxylic acids is 8. The van der Waals surface area contributed by atoms with Gasteiger partial charge in [0, 0.05) is 0 Å². The number of amides is 8. The molecule has 0 aromatic carbocycles. The fraction of sp³-hybridized carbons (Fsp3) is 0.791. The molecule has 0 aromatic rings. The molecule has 8 amide bonds. The summed E-state index contributed by atoms with van der Waals surface area (Å²) in [5.41, 5.74) is 6.05. The Hall–Kier alpha value is -4.85. The molecule has 0 spiro atoms. The van der Waals surface area contributed by atoms with E-state index in [1.54, 1.807) is 27.7 Å². The minimum Gasteiger partial charge on any atom is -0.480 e. The van der Waals surface area contributed by atoms with Gasteiger partial charge in [-0.25, -0.2) is 4.79 Å². The van der Waals surface area contributed by atoms with Crippen LogP contribution in [0.25, 0.3) is 0 Å². The van der Waals surface area contributed by atoms with Crippen LogP contribution < -0.4 is 48.3 Å². The van der Waals surface area contributed by atoms with Gasteiger partial charge in [-0.2, -0.15) is 0 Å². The van der Waals surface area contributed by atoms with E-state index in [0.717, 1.165) is 0 Å². The Morgan fingerprint density at radius 2 is 0.905 bits per heavy atom. The molecule has 0 aliphatic carbocycles. The lowest BCUT2D eigenvalue weighted by molar-refractivity contribution is -0.143. The maximum atomic E-state index is 13.7. The largest absolute Gasteiger partial charge is 0.480 e. The molecule has 10 atom stereocenters. The number of nitrogens with two attached hydrogens (primary N) is 1. The topological polar surface area (TPSA) is 316 Å². The second-order valence-electron chi connectivity index (χ2n) is 18.2. The average Bonchev–Trinajstić information content (AvgIpc) is 3.19. The average molecular weight is 898 g/mol. The summed E-state index contributed by atoms with van der Waals surface area (Å²) < 4.78 is 0. The van der Waals surface area contributed by atoms with E-state index in [9.17, 15) is 53.4 Å². The van der Waals surface area contributed by atoms with E-state index >= 15 is 0 Å². The first-order valence-electron chi connectivity index (χ1n) is 22.2. The second kappa shape index (κ2) is 28.8. The molecule has 63 heavy (non-hydrogen) atoms. The Labute approximate surface area is 373 Å². The van der Waals surface area contributed by atoms with Crippen molar-refractivity contribution < 1.29 is 53.4 Å². The lowest BCUT2D eigenvalue weighted by atomic mass is 9.97. The molecule has 0 fully saturated rings. The number of carbonyl (C=O) groups is 9. The number of hydrogen-bond donors (Lipinski definition) is 11. The van der Waals surface area contributed by atoms with Gasteiger partial charge in [-0.05, 0) is 61.7 Å². The zero-order valence-corrected chi connectivity index (χ0v) is 39.7. The zero-order chi connectivity index (χ0) is 48.9. The molecule has 0 rings (SSSR count). The number of nitrogens with one attached hydrogen (secondary N) is 8. The van der Waals surface area contributed by atoms with Crippen molar-refractivity contribution in [1.82, 2.24) is 42.5 Å². The minimum atomic E-state index is -1.50. The third-order valence-electron chi connectivity index (χ3n) is 10.6. The van der Waals surface area contributed by atoms with Gasteiger partial charge in [-0.1, -0.05) is 95.9 Å². The first-order chi connectivity index (χ1) is 29.2. The molecule has 12 N–H and O–H groups in total. The molecule has 0 bridgehead atoms. The Morgan fingerprint density at radius 3 is 1.35 bits per heavy atom. The highest BCUT2D eigenvalue weighted by Gasteiger charge is 2.34. The summed E-state index contributed by atoms with van der Waals surface area (Å²) in [6, 6.07) is -9.28. The normalized spacial score (nSPS) is 16.2. The van der Waals surface area contributed by atoms with E-state index in [1.807, 2.05) is 55.4 Å². The molecule has 0 unspecified atom stereocenters. The first-order valence-corrected chi connectivity index (χ1v) is 22.2. The number of aliphatic carboxylic acids is 1. The van der Waals surface area contributed by atoms with Crippen molar-refractivity contribution in [2.45, 2.75) is 170 Å². The van der Waals surface area contributed by atoms with Gasteiger partial charge in [-0.3, -0.25) is 38.4 Å². The summed E-state index contributed by atoms with van der Waals surface area (Å²) in [5, 5.41) is 39.9. The predicted octanol–water partition coefficient (Wildman–Crippen LogP) is -0.193. The third kappa shape index (κ3) is 21.4. The van der Waals surface area contributed by atoms with Crippen molar-refractivity contribution in [2.75, 3.05) is 13.2 Å². The fourth-order valence-electron chi connectivity index (χ4n) is 6.28. The van der Waals surface area contributed by atoms with E-state index in [4.69, 9.17) is 5.73 Å². The maximum absolute atomic E-state index is 13.7. The van der Waals surface area contributed by atoms with Crippen LogP contribution >= 0.6 is 0 Å². The van der Waals surface area contributed by atoms with Crippen LogP contribution in [0.15, 0.2) is 0 Å². The summed E-state index contributed by atoms with van der Waals surface area (Å²) in [4.78, 5) is 118. The molecule has 0 aliphatic rings. The Balaban J connectivity index is 5.79. The molecule has 20 heteroatoms. The summed E-state index contributed by atoms with van der Waals surface area (Å²) in [6.07, 6.45) is 1.64. The standard InChI is InChI=1S/C43H79N9O11/c1-14-25(11)33(44)40(59)48-28(16-21(3)4)37(56)50-31(20-53)39(58)46-27(13)36(55)47-29(17-22(5)6)38(57)52-34(24(9)10)41(60)45-19-32(54)51-35(26(12)15-2)42(61)49-30(43(62)63)18-23(7)8/h21-31,33-35,53H,14-20,44H2,1-13H3,(H,45,60)(H,46,58)(H,47,55)(H,48,59)(H,49,61)(H,50,56)(H,51,54)(H,52,57)(H,62,63)/t25-,26-,27-,28-,29-,30-,31-,33-,34-,35-/m0/s1. The molecular weight excluding hydrogens is 819 g/mol. The van der Waals surface area contributed by atoms with Crippen molar-refractivity contribution in [3.63, 3.8) is 0 Å². The molecule has 0 saturated carbocycles. The van der Waals surface area contributed by atoms with E-state index < -0.39 is 121 Å². The summed E-state index contributed by atoms with van der Waals surface area (Å²) in [6.45, 7) is 21.4. The van der Waals surface area contributed by atoms with Gasteiger partial charge in [0.05, 0.1) is 19.2 Å². The molecule has 0 radical (unpaired) electrons. The molecule has 0 aromatic heterocycles. The van der Waals surface area contributed by atoms with Crippen LogP contribution in [0, 0.1) is 35.5 Å². The molecule has 0 heterocycles. The number of aliphatic hydroxyl groups excluding tert-OH is 1. The minimum absolute atomic E-state index is 0.0223. The van der Waals surface area contributed by atoms with Gasteiger partial charge in [0.2, 0.25) is 47.3 Å². The van der Waals surface area contributed by atoms with Crippen LogP contribution in [-0.4, -0.2) is 125 Å². The van der Waals surface area contributed by atoms with Crippen LogP contribution in [0.4, 0.5) is 0 Å². The molecule has 362 valence electrons. The van der Waals surface area contributed by atoms with Crippen LogP contribution in [0.3, 0.4) is 0 Å². The highest BCUT2D eigenvalue weighted by atomic mass is 16.4. The van der Waals surface area contributed by atoms with Gasteiger partial charge in [0.15, 0.2) is 0 Å². The van der Waals surface area contributed by atoms with Crippen molar-refractivity contribution in [3.05, 3.63) is 0 Å². The van der Waals surface area contributed by atoms with Gasteiger partial charge >= 0.3 is 5.97 Å². The predicted molar refractivity (Wildman–Crippen MR) is 237 cm³/mol. The van der Waals surface area contributed by atoms with Crippen LogP contribution in [0.5, 0.6) is 0 Å². The van der Waals surface area contributed by atoms with Gasteiger partial charge in [-0.15, -0.1) is 0 Å². The molecule has 20 nitrogen and oxygen atoms in total. The van der Waals surface area contributed by atoms with Crippen LogP contribution in [0.2, 0.25) is 0 Å². The van der Waals surface area contributed by atoms with Crippen LogP contribution in [-0.2, 0) is 43.2 Å². The van der Waals surface area contributed by atoms with E-state index in [1.165, 1.54) is 6.92 Å². The SMILES string of the molecule is CC[C@H](C)[C@H](N)C(=O)N[C@@H](CC(C)C)C(=O)N[C@@H](CO)C(=O)N[C@@H](C)C(=O)N[C@@H](CC(C)C)C(=O)N[C@H](C(=O)NCC(=O)N[C@H](C(=O)N[C@@H](CC(C)C)C(=O)O)[C@@H](C)CC)C(C)C. The van der Waals surface area contributed by atoms with Crippen molar-refractivity contribution >= 4 is 53.2 Å². The van der Waals surface area contributed by atoms with Gasteiger partial charge in [0.1, 0.15) is 42.3 Å². The number of carboxylic acids is 1. The van der Waals surface area contributed by atoms with E-state index in [-0.39, 0.29) is 48.9 Å². The molecule has 0 saturated heterocycles.